The van der Waals surface area contributed by atoms with Crippen LogP contribution in [0.3, 0.4) is 0 Å². The molecule has 2 spiro atoms. The van der Waals surface area contributed by atoms with Gasteiger partial charge in [-0.2, -0.15) is 0 Å². The number of rotatable bonds is 2. The molecule has 2 bridgehead atoms. The summed E-state index contributed by atoms with van der Waals surface area (Å²) < 4.78 is 29.9. The second-order valence-electron chi connectivity index (χ2n) is 6.92. The Morgan fingerprint density at radius 3 is 1.84 bits per heavy atom. The topological polar surface area (TPSA) is 46.2 Å². The summed E-state index contributed by atoms with van der Waals surface area (Å²) in [5.41, 5.74) is 0.548. The molecule has 5 aliphatic rings. The average molecular weight is 394 g/mol. The zero-order chi connectivity index (χ0) is 18.5. The summed E-state index contributed by atoms with van der Waals surface area (Å²) in [4.78, 5) is 0. The predicted octanol–water partition coefficient (Wildman–Crippen LogP) is 6.03. The van der Waals surface area contributed by atoms with E-state index < -0.39 is 17.0 Å². The van der Waals surface area contributed by atoms with E-state index in [4.69, 9.17) is 22.6 Å². The van der Waals surface area contributed by atoms with E-state index in [0.717, 1.165) is 45.7 Å². The summed E-state index contributed by atoms with van der Waals surface area (Å²) in [6.07, 6.45) is 4.73. The average Bonchev–Trinajstić information content (AvgIpc) is 2.71. The fourth-order valence-corrected chi connectivity index (χ4v) is 7.17. The second kappa shape index (κ2) is 9.73. The standard InChI is InChI=1S/C14H24O5P2.2C2H6/c1-3-11(2)20-15-7-13(8-16-20)5-4-6-14-9-17-21(18-10-14)19-12(13)14;2*1-2/h11-12H,3-10H2,1-2H3;2*1-2H3. The van der Waals surface area contributed by atoms with Gasteiger partial charge in [0, 0.05) is 16.5 Å². The van der Waals surface area contributed by atoms with E-state index in [1.165, 1.54) is 6.42 Å². The van der Waals surface area contributed by atoms with Crippen LogP contribution in [0.1, 0.15) is 67.2 Å². The Hall–Kier alpha value is 0.660. The summed E-state index contributed by atoms with van der Waals surface area (Å²) >= 11 is 0. The quantitative estimate of drug-likeness (QED) is 0.536. The molecule has 5 fully saturated rings. The first-order valence-electron chi connectivity index (χ1n) is 9.95. The SMILES string of the molecule is CC.CC.CCC(C)P1OCC2(CCCC34COP(OC3)OC42)CO1. The molecule has 0 aromatic carbocycles. The van der Waals surface area contributed by atoms with Crippen molar-refractivity contribution in [3.63, 3.8) is 0 Å². The summed E-state index contributed by atoms with van der Waals surface area (Å²) in [5.74, 6) is 0. The van der Waals surface area contributed by atoms with Crippen molar-refractivity contribution in [2.45, 2.75) is 79.0 Å². The Kier molecular flexibility index (Phi) is 8.55. The molecule has 148 valence electrons. The van der Waals surface area contributed by atoms with Crippen LogP contribution in [0.4, 0.5) is 0 Å². The maximum Gasteiger partial charge on any atom is 0.333 e. The van der Waals surface area contributed by atoms with E-state index in [1.807, 2.05) is 27.7 Å². The molecule has 2 unspecified atom stereocenters. The van der Waals surface area contributed by atoms with E-state index in [2.05, 4.69) is 13.8 Å². The number of hydrogen-bond donors (Lipinski definition) is 0. The molecule has 0 radical (unpaired) electrons. The largest absolute Gasteiger partial charge is 0.333 e. The van der Waals surface area contributed by atoms with Gasteiger partial charge in [-0.15, -0.1) is 0 Å². The van der Waals surface area contributed by atoms with Gasteiger partial charge in [0.15, 0.2) is 8.38 Å². The lowest BCUT2D eigenvalue weighted by molar-refractivity contribution is -0.210. The Labute approximate surface area is 156 Å². The Bertz CT molecular complexity index is 387. The van der Waals surface area contributed by atoms with Crippen molar-refractivity contribution < 1.29 is 22.6 Å². The monoisotopic (exact) mass is 394 g/mol. The summed E-state index contributed by atoms with van der Waals surface area (Å²) in [6, 6.07) is 0. The third-order valence-corrected chi connectivity index (χ3v) is 8.39. The van der Waals surface area contributed by atoms with Gasteiger partial charge in [0.2, 0.25) is 0 Å². The lowest BCUT2D eigenvalue weighted by Crippen LogP contribution is -2.63. The minimum absolute atomic E-state index is 0.0126. The van der Waals surface area contributed by atoms with Crippen molar-refractivity contribution in [1.82, 2.24) is 0 Å². The zero-order valence-electron chi connectivity index (χ0n) is 16.7. The van der Waals surface area contributed by atoms with Gasteiger partial charge in [0.05, 0.1) is 32.5 Å². The maximum atomic E-state index is 6.17. The van der Waals surface area contributed by atoms with Crippen molar-refractivity contribution >= 4 is 17.0 Å². The summed E-state index contributed by atoms with van der Waals surface area (Å²) in [6.45, 7) is 15.5. The van der Waals surface area contributed by atoms with Crippen LogP contribution in [0.15, 0.2) is 0 Å². The highest BCUT2D eigenvalue weighted by atomic mass is 31.2. The first-order valence-corrected chi connectivity index (χ1v) is 12.3. The van der Waals surface area contributed by atoms with Crippen LogP contribution >= 0.6 is 17.0 Å². The first kappa shape index (κ1) is 22.0. The van der Waals surface area contributed by atoms with Crippen LogP contribution < -0.4 is 0 Å². The fraction of sp³-hybridized carbons (Fsp3) is 1.00. The minimum atomic E-state index is -1.14. The van der Waals surface area contributed by atoms with Crippen molar-refractivity contribution in [3.05, 3.63) is 0 Å². The molecule has 7 heteroatoms. The normalized spacial score (nSPS) is 43.2. The Morgan fingerprint density at radius 1 is 0.880 bits per heavy atom. The molecule has 4 heterocycles. The van der Waals surface area contributed by atoms with Gasteiger partial charge >= 0.3 is 8.60 Å². The van der Waals surface area contributed by atoms with Gasteiger partial charge in [-0.3, -0.25) is 0 Å². The molecule has 5 nitrogen and oxygen atoms in total. The van der Waals surface area contributed by atoms with E-state index in [0.29, 0.717) is 5.66 Å². The summed E-state index contributed by atoms with van der Waals surface area (Å²) in [5, 5.41) is 0. The molecule has 1 saturated carbocycles. The van der Waals surface area contributed by atoms with Gasteiger partial charge in [0.1, 0.15) is 0 Å². The highest BCUT2D eigenvalue weighted by Gasteiger charge is 2.63. The highest BCUT2D eigenvalue weighted by Crippen LogP contribution is 2.66. The molecule has 0 amide bonds. The molecule has 2 atom stereocenters. The Morgan fingerprint density at radius 2 is 1.36 bits per heavy atom. The van der Waals surface area contributed by atoms with Crippen LogP contribution in [-0.4, -0.2) is 38.2 Å². The van der Waals surface area contributed by atoms with Crippen LogP contribution in [0.5, 0.6) is 0 Å². The third kappa shape index (κ3) is 4.24. The van der Waals surface area contributed by atoms with Gasteiger partial charge in [-0.25, -0.2) is 0 Å². The predicted molar refractivity (Wildman–Crippen MR) is 104 cm³/mol. The van der Waals surface area contributed by atoms with E-state index in [-0.39, 0.29) is 16.9 Å². The molecule has 4 saturated heterocycles. The molecule has 25 heavy (non-hydrogen) atoms. The van der Waals surface area contributed by atoms with Gasteiger partial charge in [-0.05, 0) is 19.3 Å². The Balaban J connectivity index is 0.000000528. The number of hydrogen-bond acceptors (Lipinski definition) is 5. The molecule has 5 rings (SSSR count). The molecule has 4 aliphatic heterocycles. The van der Waals surface area contributed by atoms with Gasteiger partial charge in [-0.1, -0.05) is 48.0 Å². The lowest BCUT2D eigenvalue weighted by atomic mass is 9.60. The summed E-state index contributed by atoms with van der Waals surface area (Å²) in [7, 11) is -1.87. The molecule has 0 N–H and O–H groups in total. The van der Waals surface area contributed by atoms with Crippen molar-refractivity contribution in [3.8, 4) is 0 Å². The molecular weight excluding hydrogens is 358 g/mol. The molecular formula is C18H36O5P2. The van der Waals surface area contributed by atoms with Gasteiger partial charge in [0.25, 0.3) is 0 Å². The van der Waals surface area contributed by atoms with E-state index >= 15 is 0 Å². The van der Waals surface area contributed by atoms with Crippen LogP contribution in [0.2, 0.25) is 0 Å². The van der Waals surface area contributed by atoms with Crippen LogP contribution in [0.25, 0.3) is 0 Å². The second-order valence-corrected chi connectivity index (χ2v) is 10.1. The zero-order valence-corrected chi connectivity index (χ0v) is 18.5. The van der Waals surface area contributed by atoms with Gasteiger partial charge < -0.3 is 22.6 Å². The molecule has 0 aromatic rings. The maximum absolute atomic E-state index is 6.17. The van der Waals surface area contributed by atoms with Crippen LogP contribution in [0, 0.1) is 10.8 Å². The van der Waals surface area contributed by atoms with Crippen molar-refractivity contribution in [2.75, 3.05) is 26.4 Å². The van der Waals surface area contributed by atoms with E-state index in [9.17, 15) is 0 Å². The third-order valence-electron chi connectivity index (χ3n) is 5.48. The van der Waals surface area contributed by atoms with Crippen LogP contribution in [-0.2, 0) is 22.6 Å². The van der Waals surface area contributed by atoms with Crippen molar-refractivity contribution in [1.29, 1.82) is 0 Å². The lowest BCUT2D eigenvalue weighted by Gasteiger charge is -2.60. The van der Waals surface area contributed by atoms with Crippen molar-refractivity contribution in [2.24, 2.45) is 10.8 Å². The highest BCUT2D eigenvalue weighted by molar-refractivity contribution is 7.48. The van der Waals surface area contributed by atoms with E-state index in [1.54, 1.807) is 0 Å². The smallest absolute Gasteiger partial charge is 0.333 e. The molecule has 0 aromatic heterocycles. The number of fused-ring (bicyclic) bond motifs is 2. The molecule has 1 aliphatic carbocycles. The minimum Gasteiger partial charge on any atom is -0.333 e. The first-order chi connectivity index (χ1) is 12.2. The fourth-order valence-electron chi connectivity index (χ4n) is 3.97.